The zero-order chi connectivity index (χ0) is 13.7. The van der Waals surface area contributed by atoms with Crippen molar-refractivity contribution in [1.82, 2.24) is 4.98 Å². The highest BCUT2D eigenvalue weighted by Crippen LogP contribution is 2.22. The van der Waals surface area contributed by atoms with Crippen LogP contribution in [0.25, 0.3) is 0 Å². The van der Waals surface area contributed by atoms with Crippen molar-refractivity contribution in [2.24, 2.45) is 0 Å². The monoisotopic (exact) mass is 340 g/mol. The number of hydrogen-bond acceptors (Lipinski definition) is 5. The molecule has 0 saturated carbocycles. The summed E-state index contributed by atoms with van der Waals surface area (Å²) in [5.74, 6) is -0.388. The molecule has 0 radical (unpaired) electrons. The maximum Gasteiger partial charge on any atom is 0.360 e. The van der Waals surface area contributed by atoms with Gasteiger partial charge in [-0.1, -0.05) is 28.1 Å². The molecule has 0 aliphatic heterocycles. The maximum absolute atomic E-state index is 11.7. The van der Waals surface area contributed by atoms with E-state index in [9.17, 15) is 4.79 Å². The summed E-state index contributed by atoms with van der Waals surface area (Å²) in [5.41, 5.74) is 3.11. The predicted molar refractivity (Wildman–Crippen MR) is 79.5 cm³/mol. The highest BCUT2D eigenvalue weighted by Gasteiger charge is 2.15. The molecule has 2 aromatic rings. The summed E-state index contributed by atoms with van der Waals surface area (Å²) in [4.78, 5) is 15.7. The molecule has 6 heteroatoms. The van der Waals surface area contributed by atoms with Crippen LogP contribution in [0, 0.1) is 0 Å². The lowest BCUT2D eigenvalue weighted by Gasteiger charge is -2.06. The van der Waals surface area contributed by atoms with E-state index in [2.05, 4.69) is 26.2 Å². The number of anilines is 1. The van der Waals surface area contributed by atoms with Gasteiger partial charge in [-0.2, -0.15) is 0 Å². The summed E-state index contributed by atoms with van der Waals surface area (Å²) in [6.07, 6.45) is 0. The van der Waals surface area contributed by atoms with E-state index < -0.39 is 0 Å². The Labute approximate surface area is 124 Å². The molecule has 0 amide bonds. The normalized spacial score (nSPS) is 10.2. The molecule has 0 bridgehead atoms. The molecule has 0 fully saturated rings. The standard InChI is InChI=1S/C13H13BrN2O2S/c1-2-18-13(17)11-12(19-8-16-11)15-7-9-4-3-5-10(14)6-9/h3-6,8,15H,2,7H2,1H3. The van der Waals surface area contributed by atoms with Crippen molar-refractivity contribution >= 4 is 38.2 Å². The smallest absolute Gasteiger partial charge is 0.360 e. The van der Waals surface area contributed by atoms with E-state index >= 15 is 0 Å². The lowest BCUT2D eigenvalue weighted by molar-refractivity contribution is 0.0521. The molecule has 1 aromatic carbocycles. The largest absolute Gasteiger partial charge is 0.461 e. The van der Waals surface area contributed by atoms with Crippen molar-refractivity contribution in [3.05, 3.63) is 45.5 Å². The van der Waals surface area contributed by atoms with Crippen LogP contribution in [0.3, 0.4) is 0 Å². The Balaban J connectivity index is 2.04. The molecule has 2 rings (SSSR count). The molecule has 1 N–H and O–H groups in total. The van der Waals surface area contributed by atoms with E-state index in [1.165, 1.54) is 11.3 Å². The third-order valence-electron chi connectivity index (χ3n) is 2.38. The third kappa shape index (κ3) is 3.78. The average molecular weight is 341 g/mol. The van der Waals surface area contributed by atoms with Gasteiger partial charge in [0, 0.05) is 11.0 Å². The van der Waals surface area contributed by atoms with Gasteiger partial charge in [0.05, 0.1) is 12.1 Å². The Hall–Kier alpha value is -1.40. The summed E-state index contributed by atoms with van der Waals surface area (Å²) in [6.45, 7) is 2.76. The number of rotatable bonds is 5. The van der Waals surface area contributed by atoms with Gasteiger partial charge in [0.1, 0.15) is 5.00 Å². The zero-order valence-corrected chi connectivity index (χ0v) is 12.8. The van der Waals surface area contributed by atoms with E-state index in [0.29, 0.717) is 18.8 Å². The average Bonchev–Trinajstić information content (AvgIpc) is 2.85. The molecule has 0 spiro atoms. The Morgan fingerprint density at radius 2 is 2.37 bits per heavy atom. The zero-order valence-electron chi connectivity index (χ0n) is 10.4. The number of thiazole rings is 1. The van der Waals surface area contributed by atoms with Gasteiger partial charge in [-0.25, -0.2) is 9.78 Å². The van der Waals surface area contributed by atoms with Crippen molar-refractivity contribution in [1.29, 1.82) is 0 Å². The predicted octanol–water partition coefficient (Wildman–Crippen LogP) is 3.69. The van der Waals surface area contributed by atoms with Crippen molar-refractivity contribution < 1.29 is 9.53 Å². The number of nitrogens with zero attached hydrogens (tertiary/aromatic N) is 1. The van der Waals surface area contributed by atoms with Crippen molar-refractivity contribution in [2.45, 2.75) is 13.5 Å². The van der Waals surface area contributed by atoms with Crippen molar-refractivity contribution in [3.8, 4) is 0 Å². The number of nitrogens with one attached hydrogen (secondary N) is 1. The first-order valence-corrected chi connectivity index (χ1v) is 7.47. The van der Waals surface area contributed by atoms with Gasteiger partial charge in [0.25, 0.3) is 0 Å². The molecule has 1 heterocycles. The maximum atomic E-state index is 11.7. The fourth-order valence-corrected chi connectivity index (χ4v) is 2.66. The highest BCUT2D eigenvalue weighted by molar-refractivity contribution is 9.10. The summed E-state index contributed by atoms with van der Waals surface area (Å²) < 4.78 is 5.99. The van der Waals surface area contributed by atoms with Crippen LogP contribution >= 0.6 is 27.3 Å². The first kappa shape index (κ1) is 14.0. The lowest BCUT2D eigenvalue weighted by Crippen LogP contribution is -2.09. The van der Waals surface area contributed by atoms with E-state index in [0.717, 1.165) is 15.0 Å². The molecule has 0 aliphatic carbocycles. The summed E-state index contributed by atoms with van der Waals surface area (Å²) in [5, 5.41) is 3.95. The van der Waals surface area contributed by atoms with Crippen LogP contribution in [0.2, 0.25) is 0 Å². The molecule has 0 atom stereocenters. The molecule has 0 aliphatic rings. The van der Waals surface area contributed by atoms with Crippen LogP contribution in [0.5, 0.6) is 0 Å². The number of esters is 1. The fourth-order valence-electron chi connectivity index (χ4n) is 1.55. The quantitative estimate of drug-likeness (QED) is 0.843. The second kappa shape index (κ2) is 6.68. The Morgan fingerprint density at radius 1 is 1.53 bits per heavy atom. The third-order valence-corrected chi connectivity index (χ3v) is 3.66. The van der Waals surface area contributed by atoms with Gasteiger partial charge in [-0.3, -0.25) is 0 Å². The van der Waals surface area contributed by atoms with E-state index in [-0.39, 0.29) is 5.97 Å². The summed E-state index contributed by atoms with van der Waals surface area (Å²) in [6, 6.07) is 7.99. The SMILES string of the molecule is CCOC(=O)c1ncsc1NCc1cccc(Br)c1. The van der Waals surface area contributed by atoms with Crippen LogP contribution in [0.1, 0.15) is 23.0 Å². The Bertz CT molecular complexity index is 571. The molecular formula is C13H13BrN2O2S. The first-order chi connectivity index (χ1) is 9.20. The van der Waals surface area contributed by atoms with Gasteiger partial charge < -0.3 is 10.1 Å². The molecular weight excluding hydrogens is 328 g/mol. The number of ether oxygens (including phenoxy) is 1. The molecule has 1 aromatic heterocycles. The number of benzene rings is 1. The number of carbonyl (C=O) groups excluding carboxylic acids is 1. The number of halogens is 1. The Morgan fingerprint density at radius 3 is 3.11 bits per heavy atom. The molecule has 19 heavy (non-hydrogen) atoms. The van der Waals surface area contributed by atoms with Crippen LogP contribution in [0.4, 0.5) is 5.00 Å². The highest BCUT2D eigenvalue weighted by atomic mass is 79.9. The fraction of sp³-hybridized carbons (Fsp3) is 0.231. The number of carbonyl (C=O) groups is 1. The van der Waals surface area contributed by atoms with Gasteiger partial charge in [-0.15, -0.1) is 11.3 Å². The molecule has 100 valence electrons. The molecule has 0 unspecified atom stereocenters. The van der Waals surface area contributed by atoms with Gasteiger partial charge in [0.2, 0.25) is 0 Å². The van der Waals surface area contributed by atoms with Crippen molar-refractivity contribution in [3.63, 3.8) is 0 Å². The van der Waals surface area contributed by atoms with Crippen LogP contribution < -0.4 is 5.32 Å². The van der Waals surface area contributed by atoms with E-state index in [1.807, 2.05) is 24.3 Å². The first-order valence-electron chi connectivity index (χ1n) is 5.79. The van der Waals surface area contributed by atoms with Gasteiger partial charge in [0.15, 0.2) is 5.69 Å². The number of hydrogen-bond donors (Lipinski definition) is 1. The second-order valence-corrected chi connectivity index (χ2v) is 5.50. The van der Waals surface area contributed by atoms with Gasteiger partial charge >= 0.3 is 5.97 Å². The van der Waals surface area contributed by atoms with Crippen LogP contribution in [-0.2, 0) is 11.3 Å². The minimum atomic E-state index is -0.388. The summed E-state index contributed by atoms with van der Waals surface area (Å²) in [7, 11) is 0. The van der Waals surface area contributed by atoms with Gasteiger partial charge in [-0.05, 0) is 24.6 Å². The topological polar surface area (TPSA) is 51.2 Å². The molecule has 4 nitrogen and oxygen atoms in total. The second-order valence-electron chi connectivity index (χ2n) is 3.73. The Kier molecular flexibility index (Phi) is 4.93. The minimum Gasteiger partial charge on any atom is -0.461 e. The van der Waals surface area contributed by atoms with Crippen LogP contribution in [0.15, 0.2) is 34.2 Å². The summed E-state index contributed by atoms with van der Waals surface area (Å²) >= 11 is 4.82. The van der Waals surface area contributed by atoms with Crippen LogP contribution in [-0.4, -0.2) is 17.6 Å². The van der Waals surface area contributed by atoms with E-state index in [1.54, 1.807) is 12.4 Å². The lowest BCUT2D eigenvalue weighted by atomic mass is 10.2. The van der Waals surface area contributed by atoms with Crippen molar-refractivity contribution in [2.75, 3.05) is 11.9 Å². The minimum absolute atomic E-state index is 0.349. The van der Waals surface area contributed by atoms with E-state index in [4.69, 9.17) is 4.74 Å². The molecule has 0 saturated heterocycles. The number of aromatic nitrogens is 1.